The molecule has 2 aromatic heterocycles. The Kier molecular flexibility index (Phi) is 4.29. The molecule has 0 unspecified atom stereocenters. The summed E-state index contributed by atoms with van der Waals surface area (Å²) in [7, 11) is -3.51. The molecular weight excluding hydrogens is 393 g/mol. The van der Waals surface area contributed by atoms with Crippen LogP contribution >= 0.6 is 23.2 Å². The van der Waals surface area contributed by atoms with Gasteiger partial charge in [0.2, 0.25) is 15.0 Å². The second-order valence-electron chi connectivity index (χ2n) is 6.41. The summed E-state index contributed by atoms with van der Waals surface area (Å²) in [5.41, 5.74) is 3.92. The fourth-order valence-electron chi connectivity index (χ4n) is 2.87. The molecule has 0 amide bonds. The number of hydrogen-bond acceptors (Lipinski definition) is 4. The van der Waals surface area contributed by atoms with Crippen molar-refractivity contribution in [3.63, 3.8) is 0 Å². The highest BCUT2D eigenvalue weighted by Crippen LogP contribution is 2.44. The minimum atomic E-state index is -3.51. The number of nitrogens with one attached hydrogen (secondary N) is 1. The first-order valence-corrected chi connectivity index (χ1v) is 10.7. The number of aromatic nitrogens is 3. The zero-order valence-electron chi connectivity index (χ0n) is 13.8. The van der Waals surface area contributed by atoms with Gasteiger partial charge in [0.05, 0.1) is 11.4 Å². The molecule has 0 bridgehead atoms. The Hall–Kier alpha value is -1.89. The predicted octanol–water partition coefficient (Wildman–Crippen LogP) is 4.73. The van der Waals surface area contributed by atoms with Crippen molar-refractivity contribution in [1.82, 2.24) is 15.0 Å². The quantitative estimate of drug-likeness (QED) is 0.634. The Balaban J connectivity index is 1.93. The van der Waals surface area contributed by atoms with E-state index >= 15 is 0 Å². The number of nitrogens with zero attached hydrogens (tertiary/aromatic N) is 2. The lowest BCUT2D eigenvalue weighted by atomic mass is 10.0. The maximum atomic E-state index is 11.8. The lowest BCUT2D eigenvalue weighted by molar-refractivity contribution is 0.593. The summed E-state index contributed by atoms with van der Waals surface area (Å²) in [5, 5.41) is 0.930. The number of benzene rings is 1. The predicted molar refractivity (Wildman–Crippen MR) is 102 cm³/mol. The lowest BCUT2D eigenvalue weighted by Gasteiger charge is -2.07. The van der Waals surface area contributed by atoms with Crippen molar-refractivity contribution in [3.8, 4) is 22.5 Å². The molecule has 2 heterocycles. The van der Waals surface area contributed by atoms with Crippen LogP contribution in [-0.4, -0.2) is 29.6 Å². The largest absolute Gasteiger partial charge is 0.356 e. The summed E-state index contributed by atoms with van der Waals surface area (Å²) in [5.74, 6) is 0.483. The van der Waals surface area contributed by atoms with E-state index in [0.29, 0.717) is 27.4 Å². The molecule has 0 spiro atoms. The molecule has 1 aliphatic carbocycles. The zero-order valence-corrected chi connectivity index (χ0v) is 16.2. The first-order chi connectivity index (χ1) is 12.3. The van der Waals surface area contributed by atoms with Crippen molar-refractivity contribution in [2.45, 2.75) is 23.9 Å². The smallest absolute Gasteiger partial charge is 0.247 e. The Bertz CT molecular complexity index is 1110. The Morgan fingerprint density at radius 1 is 1.12 bits per heavy atom. The highest BCUT2D eigenvalue weighted by atomic mass is 35.5. The zero-order chi connectivity index (χ0) is 18.5. The lowest BCUT2D eigenvalue weighted by Crippen LogP contribution is -2.04. The van der Waals surface area contributed by atoms with Crippen LogP contribution in [0, 0.1) is 0 Å². The number of aromatic amines is 1. The maximum absolute atomic E-state index is 11.8. The molecular formula is C18H15Cl2N3O2S. The van der Waals surface area contributed by atoms with Gasteiger partial charge in [-0.2, -0.15) is 0 Å². The van der Waals surface area contributed by atoms with E-state index in [4.69, 9.17) is 23.2 Å². The van der Waals surface area contributed by atoms with E-state index < -0.39 is 9.84 Å². The van der Waals surface area contributed by atoms with Crippen LogP contribution in [0.4, 0.5) is 0 Å². The molecule has 134 valence electrons. The molecule has 4 rings (SSSR count). The third kappa shape index (κ3) is 3.37. The second kappa shape index (κ2) is 6.37. The van der Waals surface area contributed by atoms with Crippen LogP contribution in [0.5, 0.6) is 0 Å². The molecule has 1 aliphatic rings. The summed E-state index contributed by atoms with van der Waals surface area (Å²) in [6.45, 7) is 0. The average Bonchev–Trinajstić information content (AvgIpc) is 3.35. The number of rotatable bonds is 4. The van der Waals surface area contributed by atoms with E-state index in [-0.39, 0.29) is 5.16 Å². The van der Waals surface area contributed by atoms with Gasteiger partial charge in [-0.1, -0.05) is 23.2 Å². The first kappa shape index (κ1) is 17.5. The maximum Gasteiger partial charge on any atom is 0.247 e. The van der Waals surface area contributed by atoms with Gasteiger partial charge in [0, 0.05) is 39.3 Å². The van der Waals surface area contributed by atoms with Crippen LogP contribution in [0.2, 0.25) is 10.0 Å². The van der Waals surface area contributed by atoms with Gasteiger partial charge in [0.15, 0.2) is 0 Å². The highest BCUT2D eigenvalue weighted by Gasteiger charge is 2.28. The molecule has 0 atom stereocenters. The van der Waals surface area contributed by atoms with Crippen molar-refractivity contribution in [3.05, 3.63) is 52.3 Å². The van der Waals surface area contributed by atoms with Gasteiger partial charge < -0.3 is 4.98 Å². The molecule has 0 saturated heterocycles. The number of H-pyrrole nitrogens is 1. The topological polar surface area (TPSA) is 75.7 Å². The van der Waals surface area contributed by atoms with Crippen LogP contribution in [-0.2, 0) is 9.84 Å². The number of sulfone groups is 1. The van der Waals surface area contributed by atoms with Crippen molar-refractivity contribution < 1.29 is 8.42 Å². The Labute approximate surface area is 161 Å². The molecule has 26 heavy (non-hydrogen) atoms. The van der Waals surface area contributed by atoms with E-state index in [0.717, 1.165) is 35.9 Å². The van der Waals surface area contributed by atoms with Crippen molar-refractivity contribution in [2.75, 3.05) is 6.26 Å². The molecule has 1 aromatic carbocycles. The normalized spacial score (nSPS) is 14.6. The fraction of sp³-hybridized carbons (Fsp3) is 0.222. The van der Waals surface area contributed by atoms with Crippen molar-refractivity contribution in [2.24, 2.45) is 0 Å². The minimum absolute atomic E-state index is 0.208. The van der Waals surface area contributed by atoms with Gasteiger partial charge in [-0.25, -0.2) is 18.4 Å². The molecule has 5 nitrogen and oxygen atoms in total. The monoisotopic (exact) mass is 407 g/mol. The SMILES string of the molecule is CS(=O)(=O)c1nccc(-c2[nH]c(C3CC3)cc2-c2cc(Cl)ccc2Cl)n1. The molecule has 0 aliphatic heterocycles. The average molecular weight is 408 g/mol. The third-order valence-corrected chi connectivity index (χ3v) is 5.72. The van der Waals surface area contributed by atoms with Gasteiger partial charge in [-0.05, 0) is 49.1 Å². The van der Waals surface area contributed by atoms with Gasteiger partial charge in [-0.15, -0.1) is 0 Å². The van der Waals surface area contributed by atoms with E-state index in [1.54, 1.807) is 24.3 Å². The van der Waals surface area contributed by atoms with Crippen LogP contribution < -0.4 is 0 Å². The van der Waals surface area contributed by atoms with Crippen LogP contribution in [0.3, 0.4) is 0 Å². The van der Waals surface area contributed by atoms with E-state index in [1.807, 2.05) is 6.07 Å². The molecule has 0 radical (unpaired) electrons. The molecule has 1 fully saturated rings. The first-order valence-electron chi connectivity index (χ1n) is 8.05. The van der Waals surface area contributed by atoms with Gasteiger partial charge in [-0.3, -0.25) is 0 Å². The van der Waals surface area contributed by atoms with Gasteiger partial charge in [0.1, 0.15) is 0 Å². The summed E-state index contributed by atoms with van der Waals surface area (Å²) in [6.07, 6.45) is 4.78. The van der Waals surface area contributed by atoms with E-state index in [9.17, 15) is 8.42 Å². The molecule has 8 heteroatoms. The van der Waals surface area contributed by atoms with Gasteiger partial charge >= 0.3 is 0 Å². The molecule has 1 N–H and O–H groups in total. The molecule has 1 saturated carbocycles. The summed E-state index contributed by atoms with van der Waals surface area (Å²) < 4.78 is 23.6. The fourth-order valence-corrected chi connectivity index (χ4v) is 3.77. The summed E-state index contributed by atoms with van der Waals surface area (Å²) >= 11 is 12.6. The van der Waals surface area contributed by atoms with Crippen molar-refractivity contribution in [1.29, 1.82) is 0 Å². The number of halogens is 2. The van der Waals surface area contributed by atoms with E-state index in [2.05, 4.69) is 15.0 Å². The summed E-state index contributed by atoms with van der Waals surface area (Å²) in [4.78, 5) is 11.5. The minimum Gasteiger partial charge on any atom is -0.356 e. The van der Waals surface area contributed by atoms with Crippen LogP contribution in [0.25, 0.3) is 22.5 Å². The van der Waals surface area contributed by atoms with Crippen LogP contribution in [0.15, 0.2) is 41.7 Å². The van der Waals surface area contributed by atoms with Crippen LogP contribution in [0.1, 0.15) is 24.5 Å². The van der Waals surface area contributed by atoms with E-state index in [1.165, 1.54) is 6.20 Å². The van der Waals surface area contributed by atoms with Crippen molar-refractivity contribution >= 4 is 33.0 Å². The third-order valence-electron chi connectivity index (χ3n) is 4.30. The highest BCUT2D eigenvalue weighted by molar-refractivity contribution is 7.90. The summed E-state index contributed by atoms with van der Waals surface area (Å²) in [6, 6.07) is 9.00. The second-order valence-corrected chi connectivity index (χ2v) is 9.16. The number of hydrogen-bond donors (Lipinski definition) is 1. The standard InChI is InChI=1S/C18H15Cl2N3O2S/c1-26(24,25)18-21-7-6-15(23-18)17-13(9-16(22-17)10-2-3-10)12-8-11(19)4-5-14(12)20/h4-10,22H,2-3H2,1H3. The Morgan fingerprint density at radius 3 is 2.58 bits per heavy atom. The Morgan fingerprint density at radius 2 is 1.88 bits per heavy atom. The molecule has 3 aromatic rings. The van der Waals surface area contributed by atoms with Gasteiger partial charge in [0.25, 0.3) is 0 Å².